The smallest absolute Gasteiger partial charge is 0.264 e. The molecule has 0 heterocycles. The number of rotatable bonds is 7. The molecule has 0 saturated carbocycles. The summed E-state index contributed by atoms with van der Waals surface area (Å²) in [5, 5.41) is 3.11. The monoisotopic (exact) mass is 476 g/mol. The largest absolute Gasteiger partial charge is 0.348 e. The zero-order valence-electron chi connectivity index (χ0n) is 17.0. The maximum Gasteiger partial charge on any atom is 0.264 e. The third kappa shape index (κ3) is 5.39. The first kappa shape index (κ1) is 23.1. The van der Waals surface area contributed by atoms with Crippen molar-refractivity contribution in [3.8, 4) is 0 Å². The molecular formula is C23H22Cl2N2O3S. The molecule has 0 spiro atoms. The Morgan fingerprint density at radius 1 is 0.968 bits per heavy atom. The van der Waals surface area contributed by atoms with Crippen LogP contribution in [-0.4, -0.2) is 20.9 Å². The highest BCUT2D eigenvalue weighted by Crippen LogP contribution is 2.35. The topological polar surface area (TPSA) is 66.5 Å². The van der Waals surface area contributed by atoms with Crippen molar-refractivity contribution < 1.29 is 13.2 Å². The van der Waals surface area contributed by atoms with Crippen molar-refractivity contribution in [1.29, 1.82) is 0 Å². The second-order valence-corrected chi connectivity index (χ2v) is 9.75. The highest BCUT2D eigenvalue weighted by molar-refractivity contribution is 7.92. The van der Waals surface area contributed by atoms with Crippen molar-refractivity contribution in [1.82, 2.24) is 5.32 Å². The van der Waals surface area contributed by atoms with E-state index >= 15 is 0 Å². The highest BCUT2D eigenvalue weighted by Gasteiger charge is 2.29. The molecule has 0 aromatic heterocycles. The minimum Gasteiger partial charge on any atom is -0.348 e. The number of anilines is 1. The van der Waals surface area contributed by atoms with Gasteiger partial charge in [0.1, 0.15) is 6.54 Å². The quantitative estimate of drug-likeness (QED) is 0.497. The molecule has 3 rings (SSSR count). The zero-order chi connectivity index (χ0) is 22.6. The molecule has 0 saturated heterocycles. The maximum atomic E-state index is 13.4. The second kappa shape index (κ2) is 9.73. The molecule has 1 N–H and O–H groups in total. The molecule has 162 valence electrons. The molecule has 0 aliphatic rings. The van der Waals surface area contributed by atoms with Gasteiger partial charge in [0, 0.05) is 0 Å². The Kier molecular flexibility index (Phi) is 7.26. The summed E-state index contributed by atoms with van der Waals surface area (Å²) < 4.78 is 27.7. The molecule has 0 radical (unpaired) electrons. The van der Waals surface area contributed by atoms with Crippen molar-refractivity contribution in [2.75, 3.05) is 10.8 Å². The minimum absolute atomic E-state index is 0.0467. The molecule has 0 bridgehead atoms. The van der Waals surface area contributed by atoms with Crippen LogP contribution in [0.25, 0.3) is 0 Å². The minimum atomic E-state index is -4.07. The Morgan fingerprint density at radius 2 is 1.61 bits per heavy atom. The van der Waals surface area contributed by atoms with Crippen molar-refractivity contribution >= 4 is 44.8 Å². The molecule has 8 heteroatoms. The fraction of sp³-hybridized carbons (Fsp3) is 0.174. The third-order valence-electron chi connectivity index (χ3n) is 4.77. The molecule has 31 heavy (non-hydrogen) atoms. The number of nitrogens with zero attached hydrogens (tertiary/aromatic N) is 1. The van der Waals surface area contributed by atoms with Crippen LogP contribution in [0.1, 0.15) is 24.1 Å². The van der Waals surface area contributed by atoms with Gasteiger partial charge in [0.2, 0.25) is 5.91 Å². The highest BCUT2D eigenvalue weighted by atomic mass is 35.5. The van der Waals surface area contributed by atoms with Gasteiger partial charge < -0.3 is 5.32 Å². The van der Waals surface area contributed by atoms with E-state index in [1.165, 1.54) is 18.2 Å². The number of carbonyl (C=O) groups excluding carboxylic acids is 1. The Bertz CT molecular complexity index is 1170. The SMILES string of the molecule is Cc1ccc(C(C)NC(=O)CN(c2cccc(Cl)c2Cl)S(=O)(=O)c2ccccc2)cc1. The molecule has 1 unspecified atom stereocenters. The van der Waals surface area contributed by atoms with Crippen LogP contribution < -0.4 is 9.62 Å². The summed E-state index contributed by atoms with van der Waals surface area (Å²) >= 11 is 12.4. The number of hydrogen-bond donors (Lipinski definition) is 1. The lowest BCUT2D eigenvalue weighted by Gasteiger charge is -2.26. The van der Waals surface area contributed by atoms with E-state index in [1.54, 1.807) is 30.3 Å². The van der Waals surface area contributed by atoms with E-state index in [4.69, 9.17) is 23.2 Å². The van der Waals surface area contributed by atoms with Gasteiger partial charge in [0.15, 0.2) is 0 Å². The summed E-state index contributed by atoms with van der Waals surface area (Å²) in [6.45, 7) is 3.37. The number of sulfonamides is 1. The summed E-state index contributed by atoms with van der Waals surface area (Å²) in [4.78, 5) is 12.9. The molecule has 1 amide bonds. The summed E-state index contributed by atoms with van der Waals surface area (Å²) in [5.41, 5.74) is 2.16. The lowest BCUT2D eigenvalue weighted by atomic mass is 10.1. The van der Waals surface area contributed by atoms with Crippen LogP contribution in [0.2, 0.25) is 10.0 Å². The fourth-order valence-corrected chi connectivity index (χ4v) is 4.96. The van der Waals surface area contributed by atoms with E-state index < -0.39 is 22.5 Å². The predicted octanol–water partition coefficient (Wildman–Crippen LogP) is 5.37. The van der Waals surface area contributed by atoms with E-state index in [0.29, 0.717) is 0 Å². The number of aryl methyl sites for hydroxylation is 1. The molecular weight excluding hydrogens is 455 g/mol. The van der Waals surface area contributed by atoms with Crippen LogP contribution in [-0.2, 0) is 14.8 Å². The number of hydrogen-bond acceptors (Lipinski definition) is 3. The van der Waals surface area contributed by atoms with Crippen LogP contribution in [0.5, 0.6) is 0 Å². The van der Waals surface area contributed by atoms with Crippen molar-refractivity contribution in [3.63, 3.8) is 0 Å². The molecule has 3 aromatic rings. The van der Waals surface area contributed by atoms with Gasteiger partial charge in [-0.1, -0.05) is 77.3 Å². The number of amides is 1. The van der Waals surface area contributed by atoms with Crippen molar-refractivity contribution in [3.05, 3.63) is 94.0 Å². The first-order valence-electron chi connectivity index (χ1n) is 9.58. The van der Waals surface area contributed by atoms with E-state index in [-0.39, 0.29) is 26.7 Å². The third-order valence-corrected chi connectivity index (χ3v) is 7.36. The maximum absolute atomic E-state index is 13.4. The van der Waals surface area contributed by atoms with E-state index in [1.807, 2.05) is 38.1 Å². The number of carbonyl (C=O) groups is 1. The molecule has 0 aliphatic heterocycles. The standard InChI is InChI=1S/C23H22Cl2N2O3S/c1-16-11-13-18(14-12-16)17(2)26-22(28)15-27(21-10-6-9-20(24)23(21)25)31(29,30)19-7-4-3-5-8-19/h3-14,17H,15H2,1-2H3,(H,26,28). The van der Waals surface area contributed by atoms with Gasteiger partial charge in [0.25, 0.3) is 10.0 Å². The Balaban J connectivity index is 1.92. The van der Waals surface area contributed by atoms with Gasteiger partial charge in [-0.25, -0.2) is 8.42 Å². The Morgan fingerprint density at radius 3 is 2.26 bits per heavy atom. The average Bonchev–Trinajstić information content (AvgIpc) is 2.75. The predicted molar refractivity (Wildman–Crippen MR) is 125 cm³/mol. The summed E-state index contributed by atoms with van der Waals surface area (Å²) in [5.74, 6) is -0.469. The number of benzene rings is 3. The van der Waals surface area contributed by atoms with E-state index in [9.17, 15) is 13.2 Å². The first-order valence-corrected chi connectivity index (χ1v) is 11.8. The molecule has 0 fully saturated rings. The van der Waals surface area contributed by atoms with Gasteiger partial charge in [-0.3, -0.25) is 9.10 Å². The molecule has 0 aliphatic carbocycles. The van der Waals surface area contributed by atoms with Gasteiger partial charge in [-0.2, -0.15) is 0 Å². The molecule has 3 aromatic carbocycles. The van der Waals surface area contributed by atoms with Crippen LogP contribution in [0.4, 0.5) is 5.69 Å². The van der Waals surface area contributed by atoms with Gasteiger partial charge in [0.05, 0.1) is 26.7 Å². The Labute approximate surface area is 192 Å². The normalized spacial score (nSPS) is 12.3. The number of halogens is 2. The molecule has 5 nitrogen and oxygen atoms in total. The lowest BCUT2D eigenvalue weighted by Crippen LogP contribution is -2.41. The van der Waals surface area contributed by atoms with Crippen LogP contribution in [0, 0.1) is 6.92 Å². The van der Waals surface area contributed by atoms with Gasteiger partial charge in [-0.05, 0) is 43.7 Å². The van der Waals surface area contributed by atoms with Crippen molar-refractivity contribution in [2.45, 2.75) is 24.8 Å². The van der Waals surface area contributed by atoms with Crippen LogP contribution in [0.15, 0.2) is 77.7 Å². The van der Waals surface area contributed by atoms with Crippen LogP contribution in [0.3, 0.4) is 0 Å². The zero-order valence-corrected chi connectivity index (χ0v) is 19.4. The van der Waals surface area contributed by atoms with Crippen LogP contribution >= 0.6 is 23.2 Å². The first-order chi connectivity index (χ1) is 14.7. The van der Waals surface area contributed by atoms with Gasteiger partial charge >= 0.3 is 0 Å². The second-order valence-electron chi connectivity index (χ2n) is 7.10. The fourth-order valence-electron chi connectivity index (χ4n) is 3.06. The van der Waals surface area contributed by atoms with Gasteiger partial charge in [-0.15, -0.1) is 0 Å². The molecule has 1 atom stereocenters. The Hall–Kier alpha value is -2.54. The van der Waals surface area contributed by atoms with Crippen molar-refractivity contribution in [2.24, 2.45) is 0 Å². The summed E-state index contributed by atoms with van der Waals surface area (Å²) in [6, 6.07) is 20.0. The van der Waals surface area contributed by atoms with E-state index in [2.05, 4.69) is 5.32 Å². The average molecular weight is 477 g/mol. The summed E-state index contributed by atoms with van der Waals surface area (Å²) in [7, 11) is -4.07. The number of nitrogens with one attached hydrogen (secondary N) is 1. The van der Waals surface area contributed by atoms with E-state index in [0.717, 1.165) is 15.4 Å². The lowest BCUT2D eigenvalue weighted by molar-refractivity contribution is -0.120. The summed E-state index contributed by atoms with van der Waals surface area (Å²) in [6.07, 6.45) is 0.